The highest BCUT2D eigenvalue weighted by molar-refractivity contribution is 7.92. The summed E-state index contributed by atoms with van der Waals surface area (Å²) in [5.41, 5.74) is 6.47. The predicted molar refractivity (Wildman–Crippen MR) is 139 cm³/mol. The Balaban J connectivity index is 1.83. The van der Waals surface area contributed by atoms with Crippen molar-refractivity contribution in [2.24, 2.45) is 5.10 Å². The second-order valence-corrected chi connectivity index (χ2v) is 10.2. The van der Waals surface area contributed by atoms with E-state index in [1.54, 1.807) is 24.3 Å². The van der Waals surface area contributed by atoms with Crippen LogP contribution in [0.1, 0.15) is 30.0 Å². The molecule has 35 heavy (non-hydrogen) atoms. The maximum atomic E-state index is 13.6. The number of carbonyl (C=O) groups is 1. The van der Waals surface area contributed by atoms with E-state index in [1.165, 1.54) is 24.8 Å². The highest BCUT2D eigenvalue weighted by Gasteiger charge is 2.29. The van der Waals surface area contributed by atoms with Gasteiger partial charge in [-0.25, -0.2) is 13.8 Å². The summed E-state index contributed by atoms with van der Waals surface area (Å²) in [6.07, 6.45) is 1.46. The Hall–Kier alpha value is -3.65. The Morgan fingerprint density at radius 2 is 1.63 bits per heavy atom. The molecule has 0 saturated carbocycles. The maximum absolute atomic E-state index is 13.6. The number of hydrogen-bond acceptors (Lipinski definition) is 5. The summed E-state index contributed by atoms with van der Waals surface area (Å²) in [6.45, 7) is 5.10. The molecule has 0 aromatic heterocycles. The minimum absolute atomic E-state index is 0.0852. The predicted octanol–water partition coefficient (Wildman–Crippen LogP) is 4.63. The molecular formula is C27H31N3O4S. The lowest BCUT2D eigenvalue weighted by atomic mass is 10.1. The summed E-state index contributed by atoms with van der Waals surface area (Å²) in [4.78, 5) is 12.9. The zero-order valence-electron chi connectivity index (χ0n) is 20.5. The van der Waals surface area contributed by atoms with E-state index < -0.39 is 22.5 Å². The molecule has 0 heterocycles. The van der Waals surface area contributed by atoms with Gasteiger partial charge in [-0.2, -0.15) is 5.10 Å². The van der Waals surface area contributed by atoms with Crippen molar-refractivity contribution >= 4 is 27.3 Å². The number of nitrogens with one attached hydrogen (secondary N) is 1. The molecule has 0 unspecified atom stereocenters. The highest BCUT2D eigenvalue weighted by Crippen LogP contribution is 2.33. The molecule has 0 spiro atoms. The molecule has 0 aliphatic rings. The van der Waals surface area contributed by atoms with Gasteiger partial charge >= 0.3 is 0 Å². The average Bonchev–Trinajstić information content (AvgIpc) is 2.85. The first-order valence-corrected chi connectivity index (χ1v) is 12.7. The average molecular weight is 494 g/mol. The molecule has 3 rings (SSSR count). The van der Waals surface area contributed by atoms with Gasteiger partial charge in [0, 0.05) is 5.71 Å². The lowest BCUT2D eigenvalue weighted by Gasteiger charge is -2.25. The lowest BCUT2D eigenvalue weighted by Crippen LogP contribution is -2.40. The van der Waals surface area contributed by atoms with Gasteiger partial charge in [0.15, 0.2) is 0 Å². The van der Waals surface area contributed by atoms with E-state index in [9.17, 15) is 13.2 Å². The molecule has 1 N–H and O–H groups in total. The van der Waals surface area contributed by atoms with Crippen LogP contribution in [-0.2, 0) is 21.2 Å². The number of methoxy groups -OCH3 is 1. The third-order valence-corrected chi connectivity index (χ3v) is 7.26. The Kier molecular flexibility index (Phi) is 8.65. The molecule has 7 nitrogen and oxygen atoms in total. The fourth-order valence-electron chi connectivity index (χ4n) is 3.48. The fourth-order valence-corrected chi connectivity index (χ4v) is 4.90. The summed E-state index contributed by atoms with van der Waals surface area (Å²) in [5.74, 6) is -0.204. The largest absolute Gasteiger partial charge is 0.495 e. The smallest absolute Gasteiger partial charge is 0.264 e. The SMILES string of the molecule is COc1ccc(C)cc1N(CC(=O)N/N=C(/C)CCc1ccccc1)S(=O)(=O)c1ccc(C)cc1. The number of hydrazone groups is 1. The van der Waals surface area contributed by atoms with Crippen LogP contribution in [0.3, 0.4) is 0 Å². The molecule has 184 valence electrons. The van der Waals surface area contributed by atoms with Crippen molar-refractivity contribution in [2.45, 2.75) is 38.5 Å². The summed E-state index contributed by atoms with van der Waals surface area (Å²) >= 11 is 0. The summed E-state index contributed by atoms with van der Waals surface area (Å²) in [6, 6.07) is 21.7. The van der Waals surface area contributed by atoms with Crippen molar-refractivity contribution in [1.82, 2.24) is 5.43 Å². The van der Waals surface area contributed by atoms with Crippen molar-refractivity contribution in [3.05, 3.63) is 89.5 Å². The number of sulfonamides is 1. The lowest BCUT2D eigenvalue weighted by molar-refractivity contribution is -0.119. The Labute approximate surface area is 207 Å². The van der Waals surface area contributed by atoms with Gasteiger partial charge in [0.05, 0.1) is 17.7 Å². The van der Waals surface area contributed by atoms with Crippen LogP contribution in [0.25, 0.3) is 0 Å². The van der Waals surface area contributed by atoms with Gasteiger partial charge in [0.2, 0.25) is 0 Å². The molecule has 8 heteroatoms. The number of carbonyl (C=O) groups excluding carboxylic acids is 1. The molecule has 0 saturated heterocycles. The first-order valence-electron chi connectivity index (χ1n) is 11.3. The molecule has 0 fully saturated rings. The van der Waals surface area contributed by atoms with Gasteiger partial charge in [-0.3, -0.25) is 9.10 Å². The van der Waals surface area contributed by atoms with Gasteiger partial charge in [-0.1, -0.05) is 54.1 Å². The van der Waals surface area contributed by atoms with E-state index in [2.05, 4.69) is 10.5 Å². The van der Waals surface area contributed by atoms with E-state index in [1.807, 2.05) is 57.2 Å². The van der Waals surface area contributed by atoms with Crippen LogP contribution in [0.4, 0.5) is 5.69 Å². The normalized spacial score (nSPS) is 11.7. The number of rotatable bonds is 10. The minimum atomic E-state index is -4.06. The number of anilines is 1. The first kappa shape index (κ1) is 26.0. The number of ether oxygens (including phenoxy) is 1. The van der Waals surface area contributed by atoms with E-state index in [0.29, 0.717) is 12.2 Å². The van der Waals surface area contributed by atoms with E-state index in [-0.39, 0.29) is 10.6 Å². The molecule has 3 aromatic rings. The quantitative estimate of drug-likeness (QED) is 0.329. The third-order valence-electron chi connectivity index (χ3n) is 5.49. The van der Waals surface area contributed by atoms with E-state index in [0.717, 1.165) is 27.6 Å². The molecule has 0 atom stereocenters. The molecule has 0 aliphatic carbocycles. The first-order chi connectivity index (χ1) is 16.7. The zero-order valence-corrected chi connectivity index (χ0v) is 21.3. The molecule has 0 radical (unpaired) electrons. The van der Waals surface area contributed by atoms with Gasteiger partial charge < -0.3 is 4.74 Å². The number of amides is 1. The number of aryl methyl sites for hydroxylation is 3. The second kappa shape index (κ2) is 11.7. The van der Waals surface area contributed by atoms with Crippen LogP contribution in [0, 0.1) is 13.8 Å². The van der Waals surface area contributed by atoms with Crippen LogP contribution in [-0.4, -0.2) is 33.7 Å². The maximum Gasteiger partial charge on any atom is 0.264 e. The Morgan fingerprint density at radius 3 is 2.29 bits per heavy atom. The topological polar surface area (TPSA) is 88.1 Å². The standard InChI is InChI=1S/C27H31N3O4S/c1-20-10-15-24(16-11-20)35(32,33)30(25-18-21(2)12-17-26(25)34-4)19-27(31)29-28-22(3)13-14-23-8-6-5-7-9-23/h5-12,15-18H,13-14,19H2,1-4H3,(H,29,31)/b28-22-. The number of hydrogen-bond donors (Lipinski definition) is 1. The zero-order chi connectivity index (χ0) is 25.4. The van der Waals surface area contributed by atoms with E-state index in [4.69, 9.17) is 4.74 Å². The Morgan fingerprint density at radius 1 is 0.971 bits per heavy atom. The summed E-state index contributed by atoms with van der Waals surface area (Å²) < 4.78 is 33.7. The third kappa shape index (κ3) is 6.93. The van der Waals surface area contributed by atoms with Gasteiger partial charge in [0.25, 0.3) is 15.9 Å². The second-order valence-electron chi connectivity index (χ2n) is 8.37. The molecule has 0 bridgehead atoms. The molecule has 1 amide bonds. The van der Waals surface area contributed by atoms with Crippen LogP contribution in [0.5, 0.6) is 5.75 Å². The van der Waals surface area contributed by atoms with Crippen molar-refractivity contribution in [1.29, 1.82) is 0 Å². The van der Waals surface area contributed by atoms with Crippen molar-refractivity contribution in [2.75, 3.05) is 18.0 Å². The molecular weight excluding hydrogens is 462 g/mol. The summed E-state index contributed by atoms with van der Waals surface area (Å²) in [5, 5.41) is 4.18. The highest BCUT2D eigenvalue weighted by atomic mass is 32.2. The monoisotopic (exact) mass is 493 g/mol. The number of nitrogens with zero attached hydrogens (tertiary/aromatic N) is 2. The van der Waals surface area contributed by atoms with Crippen molar-refractivity contribution < 1.29 is 17.9 Å². The number of benzene rings is 3. The Bertz CT molecular complexity index is 1290. The van der Waals surface area contributed by atoms with Crippen molar-refractivity contribution in [3.63, 3.8) is 0 Å². The van der Waals surface area contributed by atoms with Gasteiger partial charge in [-0.05, 0) is 69.0 Å². The minimum Gasteiger partial charge on any atom is -0.495 e. The summed E-state index contributed by atoms with van der Waals surface area (Å²) in [7, 11) is -2.59. The van der Waals surface area contributed by atoms with Crippen LogP contribution >= 0.6 is 0 Å². The van der Waals surface area contributed by atoms with Crippen molar-refractivity contribution in [3.8, 4) is 5.75 Å². The van der Waals surface area contributed by atoms with Crippen LogP contribution < -0.4 is 14.5 Å². The van der Waals surface area contributed by atoms with Crippen LogP contribution in [0.2, 0.25) is 0 Å². The van der Waals surface area contributed by atoms with Crippen LogP contribution in [0.15, 0.2) is 82.8 Å². The molecule has 3 aromatic carbocycles. The fraction of sp³-hybridized carbons (Fsp3) is 0.259. The van der Waals surface area contributed by atoms with Gasteiger partial charge in [0.1, 0.15) is 12.3 Å². The van der Waals surface area contributed by atoms with E-state index >= 15 is 0 Å². The van der Waals surface area contributed by atoms with Gasteiger partial charge in [-0.15, -0.1) is 0 Å². The molecule has 0 aliphatic heterocycles.